The second kappa shape index (κ2) is 8.14. The molecule has 0 bridgehead atoms. The summed E-state index contributed by atoms with van der Waals surface area (Å²) < 4.78 is 0. The SMILES string of the molecule is Cc1cccc(C(C)C)c1NC(=O)CNC(=O)C1CCCCC1. The van der Waals surface area contributed by atoms with E-state index in [1.807, 2.05) is 25.1 Å². The van der Waals surface area contributed by atoms with Crippen LogP contribution in [0.5, 0.6) is 0 Å². The first-order valence-electron chi connectivity index (χ1n) is 8.66. The Morgan fingerprint density at radius 2 is 1.87 bits per heavy atom. The minimum absolute atomic E-state index is 0.0220. The van der Waals surface area contributed by atoms with Crippen LogP contribution in [0.15, 0.2) is 18.2 Å². The fraction of sp³-hybridized carbons (Fsp3) is 0.579. The predicted molar refractivity (Wildman–Crippen MR) is 93.5 cm³/mol. The van der Waals surface area contributed by atoms with Crippen LogP contribution in [0.3, 0.4) is 0 Å². The number of para-hydroxylation sites is 1. The molecule has 0 aromatic heterocycles. The number of hydrogen-bond acceptors (Lipinski definition) is 2. The van der Waals surface area contributed by atoms with Crippen LogP contribution in [0.4, 0.5) is 5.69 Å². The van der Waals surface area contributed by atoms with Crippen LogP contribution in [0.2, 0.25) is 0 Å². The molecule has 23 heavy (non-hydrogen) atoms. The normalized spacial score (nSPS) is 15.5. The number of rotatable bonds is 5. The molecule has 0 saturated heterocycles. The van der Waals surface area contributed by atoms with E-state index in [0.29, 0.717) is 5.92 Å². The van der Waals surface area contributed by atoms with E-state index in [4.69, 9.17) is 0 Å². The number of anilines is 1. The van der Waals surface area contributed by atoms with Crippen molar-refractivity contribution in [2.45, 2.75) is 58.8 Å². The third kappa shape index (κ3) is 4.81. The van der Waals surface area contributed by atoms with Gasteiger partial charge in [0.2, 0.25) is 11.8 Å². The lowest BCUT2D eigenvalue weighted by molar-refractivity contribution is -0.128. The third-order valence-electron chi connectivity index (χ3n) is 4.59. The summed E-state index contributed by atoms with van der Waals surface area (Å²) in [7, 11) is 0. The Kier molecular flexibility index (Phi) is 6.20. The van der Waals surface area contributed by atoms with Crippen LogP contribution >= 0.6 is 0 Å². The van der Waals surface area contributed by atoms with E-state index in [-0.39, 0.29) is 24.3 Å². The molecule has 0 heterocycles. The molecule has 1 aromatic carbocycles. The van der Waals surface area contributed by atoms with E-state index in [1.54, 1.807) is 0 Å². The number of amides is 2. The Balaban J connectivity index is 1.91. The second-order valence-electron chi connectivity index (χ2n) is 6.79. The van der Waals surface area contributed by atoms with Gasteiger partial charge in [-0.3, -0.25) is 9.59 Å². The first-order valence-corrected chi connectivity index (χ1v) is 8.66. The number of hydrogen-bond donors (Lipinski definition) is 2. The van der Waals surface area contributed by atoms with Gasteiger partial charge in [-0.1, -0.05) is 51.3 Å². The van der Waals surface area contributed by atoms with E-state index in [1.165, 1.54) is 6.42 Å². The zero-order valence-corrected chi connectivity index (χ0v) is 14.4. The monoisotopic (exact) mass is 316 g/mol. The lowest BCUT2D eigenvalue weighted by Gasteiger charge is -2.21. The summed E-state index contributed by atoms with van der Waals surface area (Å²) in [5, 5.41) is 5.75. The molecule has 1 aliphatic rings. The number of aryl methyl sites for hydroxylation is 1. The van der Waals surface area contributed by atoms with Crippen molar-refractivity contribution in [2.24, 2.45) is 5.92 Å². The van der Waals surface area contributed by atoms with Gasteiger partial charge in [0.05, 0.1) is 6.54 Å². The molecule has 1 fully saturated rings. The van der Waals surface area contributed by atoms with Crippen LogP contribution in [0, 0.1) is 12.8 Å². The van der Waals surface area contributed by atoms with Gasteiger partial charge >= 0.3 is 0 Å². The molecule has 0 atom stereocenters. The van der Waals surface area contributed by atoms with Gasteiger partial charge in [0.1, 0.15) is 0 Å². The molecule has 126 valence electrons. The van der Waals surface area contributed by atoms with E-state index in [0.717, 1.165) is 42.5 Å². The first-order chi connectivity index (χ1) is 11.0. The van der Waals surface area contributed by atoms with E-state index >= 15 is 0 Å². The molecule has 1 aliphatic carbocycles. The highest BCUT2D eigenvalue weighted by Gasteiger charge is 2.21. The summed E-state index contributed by atoms with van der Waals surface area (Å²) in [6.45, 7) is 6.24. The van der Waals surface area contributed by atoms with Crippen molar-refractivity contribution in [3.63, 3.8) is 0 Å². The minimum atomic E-state index is -0.162. The molecule has 0 unspecified atom stereocenters. The van der Waals surface area contributed by atoms with Crippen molar-refractivity contribution >= 4 is 17.5 Å². The maximum Gasteiger partial charge on any atom is 0.243 e. The Hall–Kier alpha value is -1.84. The van der Waals surface area contributed by atoms with Crippen LogP contribution in [0.25, 0.3) is 0 Å². The van der Waals surface area contributed by atoms with Gasteiger partial charge in [0.25, 0.3) is 0 Å². The van der Waals surface area contributed by atoms with Crippen molar-refractivity contribution in [3.05, 3.63) is 29.3 Å². The molecule has 4 heteroatoms. The maximum atomic E-state index is 12.2. The molecule has 2 amide bonds. The molecule has 4 nitrogen and oxygen atoms in total. The number of carbonyl (C=O) groups is 2. The van der Waals surface area contributed by atoms with Crippen molar-refractivity contribution in [1.29, 1.82) is 0 Å². The lowest BCUT2D eigenvalue weighted by Crippen LogP contribution is -2.37. The standard InChI is InChI=1S/C19H28N2O2/c1-13(2)16-11-7-8-14(3)18(16)21-17(22)12-20-19(23)15-9-5-4-6-10-15/h7-8,11,13,15H,4-6,9-10,12H2,1-3H3,(H,20,23)(H,21,22). The van der Waals surface area contributed by atoms with Gasteiger partial charge in [-0.25, -0.2) is 0 Å². The Morgan fingerprint density at radius 1 is 1.17 bits per heavy atom. The van der Waals surface area contributed by atoms with Gasteiger partial charge < -0.3 is 10.6 Å². The molecular formula is C19H28N2O2. The van der Waals surface area contributed by atoms with Gasteiger partial charge in [0.15, 0.2) is 0 Å². The van der Waals surface area contributed by atoms with Gasteiger partial charge in [-0.05, 0) is 36.8 Å². The molecule has 2 N–H and O–H groups in total. The van der Waals surface area contributed by atoms with Crippen LogP contribution in [-0.4, -0.2) is 18.4 Å². The van der Waals surface area contributed by atoms with Crippen molar-refractivity contribution < 1.29 is 9.59 Å². The van der Waals surface area contributed by atoms with E-state index in [9.17, 15) is 9.59 Å². The molecule has 1 saturated carbocycles. The fourth-order valence-corrected chi connectivity index (χ4v) is 3.20. The molecule has 0 aliphatic heterocycles. The molecule has 1 aromatic rings. The highest BCUT2D eigenvalue weighted by atomic mass is 16.2. The summed E-state index contributed by atoms with van der Waals surface area (Å²) in [6.07, 6.45) is 5.34. The Morgan fingerprint density at radius 3 is 2.52 bits per heavy atom. The summed E-state index contributed by atoms with van der Waals surface area (Å²) >= 11 is 0. The Labute approximate surface area is 139 Å². The highest BCUT2D eigenvalue weighted by Crippen LogP contribution is 2.27. The summed E-state index contributed by atoms with van der Waals surface area (Å²) in [6, 6.07) is 6.03. The number of benzene rings is 1. The molecular weight excluding hydrogens is 288 g/mol. The summed E-state index contributed by atoms with van der Waals surface area (Å²) in [4.78, 5) is 24.3. The van der Waals surface area contributed by atoms with E-state index in [2.05, 4.69) is 24.5 Å². The lowest BCUT2D eigenvalue weighted by atomic mass is 9.89. The quantitative estimate of drug-likeness (QED) is 0.869. The minimum Gasteiger partial charge on any atom is -0.347 e. The zero-order chi connectivity index (χ0) is 16.8. The summed E-state index contributed by atoms with van der Waals surface area (Å²) in [5.74, 6) is 0.280. The van der Waals surface area contributed by atoms with Crippen LogP contribution in [-0.2, 0) is 9.59 Å². The van der Waals surface area contributed by atoms with Gasteiger partial charge in [0, 0.05) is 11.6 Å². The largest absolute Gasteiger partial charge is 0.347 e. The predicted octanol–water partition coefficient (Wildman–Crippen LogP) is 3.75. The summed E-state index contributed by atoms with van der Waals surface area (Å²) in [5.41, 5.74) is 3.04. The molecule has 0 radical (unpaired) electrons. The molecule has 0 spiro atoms. The second-order valence-corrected chi connectivity index (χ2v) is 6.79. The van der Waals surface area contributed by atoms with Crippen LogP contribution in [0.1, 0.15) is 63.0 Å². The fourth-order valence-electron chi connectivity index (χ4n) is 3.20. The molecule has 2 rings (SSSR count). The van der Waals surface area contributed by atoms with Crippen molar-refractivity contribution in [2.75, 3.05) is 11.9 Å². The number of carbonyl (C=O) groups excluding carboxylic acids is 2. The topological polar surface area (TPSA) is 58.2 Å². The van der Waals surface area contributed by atoms with Crippen LogP contribution < -0.4 is 10.6 Å². The average Bonchev–Trinajstić information content (AvgIpc) is 2.55. The van der Waals surface area contributed by atoms with Crippen molar-refractivity contribution in [3.8, 4) is 0 Å². The number of nitrogens with one attached hydrogen (secondary N) is 2. The van der Waals surface area contributed by atoms with Gasteiger partial charge in [-0.15, -0.1) is 0 Å². The smallest absolute Gasteiger partial charge is 0.243 e. The maximum absolute atomic E-state index is 12.2. The first kappa shape index (κ1) is 17.5. The zero-order valence-electron chi connectivity index (χ0n) is 14.4. The highest BCUT2D eigenvalue weighted by molar-refractivity contribution is 5.96. The van der Waals surface area contributed by atoms with Crippen molar-refractivity contribution in [1.82, 2.24) is 5.32 Å². The van der Waals surface area contributed by atoms with Gasteiger partial charge in [-0.2, -0.15) is 0 Å². The third-order valence-corrected chi connectivity index (χ3v) is 4.59. The average molecular weight is 316 g/mol. The Bertz CT molecular complexity index is 560. The van der Waals surface area contributed by atoms with E-state index < -0.39 is 0 Å².